The molecule has 34 heavy (non-hydrogen) atoms. The molecule has 1 aromatic heterocycles. The number of nitrogens with one attached hydrogen (secondary N) is 1. The summed E-state index contributed by atoms with van der Waals surface area (Å²) in [7, 11) is 0. The van der Waals surface area contributed by atoms with E-state index in [1.165, 1.54) is 16.8 Å². The van der Waals surface area contributed by atoms with Gasteiger partial charge >= 0.3 is 0 Å². The first-order valence-corrected chi connectivity index (χ1v) is 11.7. The van der Waals surface area contributed by atoms with E-state index in [2.05, 4.69) is 14.7 Å². The average Bonchev–Trinajstić information content (AvgIpc) is 3.36. The summed E-state index contributed by atoms with van der Waals surface area (Å²) in [5.74, 6) is 0.348. The lowest BCUT2D eigenvalue weighted by molar-refractivity contribution is -0.114. The molecule has 7 nitrogen and oxygen atoms in total. The predicted octanol–water partition coefficient (Wildman–Crippen LogP) is 5.10. The zero-order valence-corrected chi connectivity index (χ0v) is 19.9. The number of aryl methyl sites for hydroxylation is 2. The van der Waals surface area contributed by atoms with Gasteiger partial charge in [0.25, 0.3) is 5.91 Å². The second-order valence-corrected chi connectivity index (χ2v) is 9.11. The van der Waals surface area contributed by atoms with Crippen LogP contribution in [0.2, 0.25) is 0 Å². The van der Waals surface area contributed by atoms with Crippen LogP contribution in [0.5, 0.6) is 5.75 Å². The minimum Gasteiger partial charge on any atom is -0.486 e. The number of nitrogens with zero attached hydrogens (tertiary/aromatic N) is 4. The third-order valence-electron chi connectivity index (χ3n) is 5.73. The first-order chi connectivity index (χ1) is 16.4. The van der Waals surface area contributed by atoms with Gasteiger partial charge in [-0.25, -0.2) is 0 Å². The van der Waals surface area contributed by atoms with Crippen molar-refractivity contribution >= 4 is 39.8 Å². The summed E-state index contributed by atoms with van der Waals surface area (Å²) in [5.41, 5.74) is 5.18. The molecule has 2 aromatic carbocycles. The van der Waals surface area contributed by atoms with E-state index in [0.29, 0.717) is 10.2 Å². The van der Waals surface area contributed by atoms with Gasteiger partial charge in [0.1, 0.15) is 17.4 Å². The molecule has 8 heteroatoms. The van der Waals surface area contributed by atoms with Crippen molar-refractivity contribution in [2.45, 2.75) is 20.8 Å². The Balaban J connectivity index is 1.40. The summed E-state index contributed by atoms with van der Waals surface area (Å²) < 4.78 is 8.01. The van der Waals surface area contributed by atoms with E-state index < -0.39 is 5.91 Å². The second-order valence-electron chi connectivity index (χ2n) is 8.07. The predicted molar refractivity (Wildman–Crippen MR) is 137 cm³/mol. The van der Waals surface area contributed by atoms with Crippen molar-refractivity contribution in [1.29, 1.82) is 5.41 Å². The van der Waals surface area contributed by atoms with E-state index in [0.717, 1.165) is 34.0 Å². The monoisotopic (exact) mass is 469 g/mol. The number of amidine groups is 2. The molecule has 1 amide bonds. The maximum atomic E-state index is 12.8. The van der Waals surface area contributed by atoms with Gasteiger partial charge in [-0.2, -0.15) is 15.1 Å². The fourth-order valence-electron chi connectivity index (χ4n) is 4.01. The van der Waals surface area contributed by atoms with Crippen LogP contribution in [0, 0.1) is 26.2 Å². The molecule has 2 aliphatic heterocycles. The molecule has 3 aromatic rings. The molecular weight excluding hydrogens is 446 g/mol. The normalized spacial score (nSPS) is 16.6. The third kappa shape index (κ3) is 3.97. The number of aromatic nitrogens is 1. The Hall–Kier alpha value is -3.91. The van der Waals surface area contributed by atoms with Gasteiger partial charge in [-0.05, 0) is 74.0 Å². The number of aliphatic imine (C=N–C) groups is 1. The summed E-state index contributed by atoms with van der Waals surface area (Å²) in [4.78, 5) is 17.0. The number of rotatable bonds is 5. The van der Waals surface area contributed by atoms with Crippen LogP contribution in [0.3, 0.4) is 0 Å². The number of para-hydroxylation sites is 2. The molecule has 0 aliphatic carbocycles. The Bertz CT molecular complexity index is 1400. The number of hydrazone groups is 1. The number of thioether (sulfide) groups is 1. The Morgan fingerprint density at radius 3 is 2.56 bits per heavy atom. The molecule has 0 bridgehead atoms. The van der Waals surface area contributed by atoms with Gasteiger partial charge in [-0.15, -0.1) is 0 Å². The van der Waals surface area contributed by atoms with E-state index in [1.807, 2.05) is 81.4 Å². The highest BCUT2D eigenvalue weighted by atomic mass is 32.2. The van der Waals surface area contributed by atoms with Crippen LogP contribution in [-0.2, 0) is 4.79 Å². The molecule has 0 saturated carbocycles. The number of ether oxygens (including phenoxy) is 1. The van der Waals surface area contributed by atoms with Crippen LogP contribution < -0.4 is 4.74 Å². The standard InChI is InChI=1S/C26H23N5O2S/c1-16-9-7-8-12-22(16)33-15-23-29-31-24(27)21(25(32)28-26(31)34-23)14-19-13-17(2)30(18(19)3)20-10-5-4-6-11-20/h4-14,27H,15H2,1-3H3/b21-14-,27-24?. The minimum atomic E-state index is -0.440. The Kier molecular flexibility index (Phi) is 5.67. The van der Waals surface area contributed by atoms with Crippen molar-refractivity contribution < 1.29 is 9.53 Å². The summed E-state index contributed by atoms with van der Waals surface area (Å²) in [6.07, 6.45) is 1.73. The van der Waals surface area contributed by atoms with Crippen LogP contribution in [0.25, 0.3) is 11.8 Å². The molecule has 5 rings (SSSR count). The summed E-state index contributed by atoms with van der Waals surface area (Å²) in [6, 6.07) is 19.8. The highest BCUT2D eigenvalue weighted by molar-refractivity contribution is 8.27. The molecule has 0 unspecified atom stereocenters. The van der Waals surface area contributed by atoms with Crippen LogP contribution >= 0.6 is 11.8 Å². The topological polar surface area (TPSA) is 83.0 Å². The van der Waals surface area contributed by atoms with Gasteiger partial charge in [-0.1, -0.05) is 36.4 Å². The number of carbonyl (C=O) groups excluding carboxylic acids is 1. The Morgan fingerprint density at radius 1 is 1.06 bits per heavy atom. The zero-order chi connectivity index (χ0) is 23.8. The van der Waals surface area contributed by atoms with E-state index >= 15 is 0 Å². The number of hydrogen-bond donors (Lipinski definition) is 1. The van der Waals surface area contributed by atoms with Crippen molar-refractivity contribution in [3.63, 3.8) is 0 Å². The summed E-state index contributed by atoms with van der Waals surface area (Å²) in [5, 5.41) is 15.6. The maximum absolute atomic E-state index is 12.8. The Labute approximate surface area is 202 Å². The van der Waals surface area contributed by atoms with Crippen molar-refractivity contribution in [2.75, 3.05) is 6.61 Å². The number of hydrogen-bond acceptors (Lipinski definition) is 5. The number of amides is 1. The molecular formula is C26H23N5O2S. The van der Waals surface area contributed by atoms with Gasteiger partial charge in [0.2, 0.25) is 5.17 Å². The first-order valence-electron chi connectivity index (χ1n) is 10.8. The first kappa shape index (κ1) is 21.9. The van der Waals surface area contributed by atoms with Crippen molar-refractivity contribution in [1.82, 2.24) is 9.58 Å². The quantitative estimate of drug-likeness (QED) is 0.527. The lowest BCUT2D eigenvalue weighted by Gasteiger charge is -2.20. The molecule has 0 radical (unpaired) electrons. The largest absolute Gasteiger partial charge is 0.486 e. The number of carbonyl (C=O) groups is 1. The van der Waals surface area contributed by atoms with E-state index in [1.54, 1.807) is 6.08 Å². The minimum absolute atomic E-state index is 0.0119. The second kappa shape index (κ2) is 8.79. The van der Waals surface area contributed by atoms with Gasteiger partial charge < -0.3 is 9.30 Å². The van der Waals surface area contributed by atoms with Crippen LogP contribution in [0.15, 0.2) is 76.3 Å². The van der Waals surface area contributed by atoms with Gasteiger partial charge in [0.05, 0.1) is 5.57 Å². The molecule has 1 N–H and O–H groups in total. The highest BCUT2D eigenvalue weighted by Crippen LogP contribution is 2.30. The molecule has 170 valence electrons. The fourth-order valence-corrected chi connectivity index (χ4v) is 4.81. The number of fused-ring (bicyclic) bond motifs is 1. The third-order valence-corrected chi connectivity index (χ3v) is 6.61. The lowest BCUT2D eigenvalue weighted by atomic mass is 10.1. The van der Waals surface area contributed by atoms with Gasteiger partial charge in [0.15, 0.2) is 5.84 Å². The van der Waals surface area contributed by atoms with E-state index in [9.17, 15) is 4.79 Å². The number of benzene rings is 2. The fraction of sp³-hybridized carbons (Fsp3) is 0.154. The Morgan fingerprint density at radius 2 is 1.79 bits per heavy atom. The summed E-state index contributed by atoms with van der Waals surface area (Å²) in [6.45, 7) is 6.24. The summed E-state index contributed by atoms with van der Waals surface area (Å²) >= 11 is 1.25. The molecule has 3 heterocycles. The van der Waals surface area contributed by atoms with Gasteiger partial charge in [0, 0.05) is 17.1 Å². The SMILES string of the molecule is Cc1ccccc1OCC1=NN2C(=N)/C(=C/c3cc(C)n(-c4ccccc4)c3C)C(=O)N=C2S1. The molecule has 0 spiro atoms. The van der Waals surface area contributed by atoms with Crippen LogP contribution in [0.4, 0.5) is 0 Å². The average molecular weight is 470 g/mol. The van der Waals surface area contributed by atoms with Crippen LogP contribution in [0.1, 0.15) is 22.5 Å². The zero-order valence-electron chi connectivity index (χ0n) is 19.1. The van der Waals surface area contributed by atoms with Crippen LogP contribution in [-0.4, -0.2) is 38.1 Å². The molecule has 0 fully saturated rings. The van der Waals surface area contributed by atoms with E-state index in [4.69, 9.17) is 10.1 Å². The smallest absolute Gasteiger partial charge is 0.283 e. The molecule has 0 atom stereocenters. The van der Waals surface area contributed by atoms with Gasteiger partial charge in [-0.3, -0.25) is 10.2 Å². The van der Waals surface area contributed by atoms with Crippen molar-refractivity contribution in [2.24, 2.45) is 10.1 Å². The lowest BCUT2D eigenvalue weighted by Crippen LogP contribution is -2.35. The molecule has 0 saturated heterocycles. The highest BCUT2D eigenvalue weighted by Gasteiger charge is 2.36. The maximum Gasteiger partial charge on any atom is 0.283 e. The molecule has 2 aliphatic rings. The van der Waals surface area contributed by atoms with E-state index in [-0.39, 0.29) is 18.0 Å². The van der Waals surface area contributed by atoms with Crippen molar-refractivity contribution in [3.05, 3.63) is 88.8 Å². The van der Waals surface area contributed by atoms with Crippen molar-refractivity contribution in [3.8, 4) is 11.4 Å².